The Morgan fingerprint density at radius 2 is 2.22 bits per heavy atom. The van der Waals surface area contributed by atoms with Crippen LogP contribution in [0.15, 0.2) is 23.2 Å². The van der Waals surface area contributed by atoms with Crippen LogP contribution in [0.1, 0.15) is 5.69 Å². The molecule has 0 fully saturated rings. The van der Waals surface area contributed by atoms with Crippen LogP contribution in [0.2, 0.25) is 0 Å². The predicted molar refractivity (Wildman–Crippen MR) is 61.7 cm³/mol. The number of anilines is 1. The molecule has 0 unspecified atom stereocenters. The Morgan fingerprint density at radius 1 is 1.44 bits per heavy atom. The van der Waals surface area contributed by atoms with Crippen molar-refractivity contribution in [2.24, 2.45) is 12.8 Å². The molecule has 18 heavy (non-hydrogen) atoms. The molecule has 2 heterocycles. The van der Waals surface area contributed by atoms with Crippen molar-refractivity contribution < 1.29 is 8.42 Å². The Balaban J connectivity index is 2.24. The number of rotatable bonds is 4. The Labute approximate surface area is 103 Å². The van der Waals surface area contributed by atoms with Crippen molar-refractivity contribution in [3.63, 3.8) is 0 Å². The molecule has 2 aromatic rings. The van der Waals surface area contributed by atoms with Crippen LogP contribution in [0.4, 0.5) is 5.95 Å². The van der Waals surface area contributed by atoms with E-state index in [1.54, 1.807) is 6.07 Å². The summed E-state index contributed by atoms with van der Waals surface area (Å²) >= 11 is 0. The van der Waals surface area contributed by atoms with Crippen LogP contribution in [0.5, 0.6) is 0 Å². The summed E-state index contributed by atoms with van der Waals surface area (Å²) in [6.45, 7) is 0.249. The molecule has 2 rings (SSSR count). The molecule has 0 amide bonds. The number of tetrazole rings is 1. The molecule has 0 saturated carbocycles. The molecule has 0 spiro atoms. The molecule has 3 N–H and O–H groups in total. The first-order chi connectivity index (χ1) is 8.51. The summed E-state index contributed by atoms with van der Waals surface area (Å²) in [5, 5.41) is 10.8. The Kier molecular flexibility index (Phi) is 3.21. The summed E-state index contributed by atoms with van der Waals surface area (Å²) in [5.41, 5.74) is 5.98. The normalized spacial score (nSPS) is 11.4. The number of nitrogens with zero attached hydrogens (tertiary/aromatic N) is 5. The van der Waals surface area contributed by atoms with Crippen LogP contribution in [0.25, 0.3) is 0 Å². The minimum atomic E-state index is -3.76. The molecule has 0 aliphatic heterocycles. The maximum absolute atomic E-state index is 11.9. The van der Waals surface area contributed by atoms with Gasteiger partial charge in [0.2, 0.25) is 0 Å². The first kappa shape index (κ1) is 12.4. The SMILES string of the molecule is Cn1nnc(NS(=O)(=O)c2ccc(CN)nc2)n1. The van der Waals surface area contributed by atoms with E-state index in [1.165, 1.54) is 19.3 Å². The van der Waals surface area contributed by atoms with Gasteiger partial charge in [-0.2, -0.15) is 4.80 Å². The van der Waals surface area contributed by atoms with E-state index in [4.69, 9.17) is 5.73 Å². The molecule has 9 nitrogen and oxygen atoms in total. The summed E-state index contributed by atoms with van der Waals surface area (Å²) in [7, 11) is -2.23. The third-order valence-electron chi connectivity index (χ3n) is 2.05. The fraction of sp³-hybridized carbons (Fsp3) is 0.250. The molecular formula is C8H11N7O2S. The van der Waals surface area contributed by atoms with Gasteiger partial charge in [0.15, 0.2) is 0 Å². The second kappa shape index (κ2) is 4.66. The minimum Gasteiger partial charge on any atom is -0.325 e. The predicted octanol–water partition coefficient (Wildman–Crippen LogP) is -1.14. The van der Waals surface area contributed by atoms with Crippen LogP contribution in [-0.4, -0.2) is 33.6 Å². The quantitative estimate of drug-likeness (QED) is 0.718. The Morgan fingerprint density at radius 3 is 2.72 bits per heavy atom. The summed E-state index contributed by atoms with van der Waals surface area (Å²) < 4.78 is 26.0. The van der Waals surface area contributed by atoms with E-state index in [0.717, 1.165) is 4.80 Å². The van der Waals surface area contributed by atoms with Gasteiger partial charge in [-0.05, 0) is 17.3 Å². The van der Waals surface area contributed by atoms with Crippen molar-refractivity contribution >= 4 is 16.0 Å². The van der Waals surface area contributed by atoms with Crippen molar-refractivity contribution in [2.45, 2.75) is 11.4 Å². The van der Waals surface area contributed by atoms with Gasteiger partial charge < -0.3 is 5.73 Å². The highest BCUT2D eigenvalue weighted by Gasteiger charge is 2.17. The molecule has 0 bridgehead atoms. The van der Waals surface area contributed by atoms with Gasteiger partial charge in [-0.25, -0.2) is 13.1 Å². The average Bonchev–Trinajstić information content (AvgIpc) is 2.74. The van der Waals surface area contributed by atoms with Crippen molar-refractivity contribution in [2.75, 3.05) is 4.72 Å². The number of sulfonamides is 1. The number of hydrogen-bond acceptors (Lipinski definition) is 7. The molecule has 0 aliphatic rings. The first-order valence-corrected chi connectivity index (χ1v) is 6.41. The van der Waals surface area contributed by atoms with E-state index in [9.17, 15) is 8.42 Å². The van der Waals surface area contributed by atoms with Crippen molar-refractivity contribution in [3.8, 4) is 0 Å². The fourth-order valence-electron chi connectivity index (χ4n) is 1.19. The zero-order valence-corrected chi connectivity index (χ0v) is 10.3. The van der Waals surface area contributed by atoms with E-state index in [0.29, 0.717) is 5.69 Å². The van der Waals surface area contributed by atoms with E-state index >= 15 is 0 Å². The highest BCUT2D eigenvalue weighted by molar-refractivity contribution is 7.92. The zero-order chi connectivity index (χ0) is 13.2. The summed E-state index contributed by atoms with van der Waals surface area (Å²) in [6.07, 6.45) is 1.22. The molecule has 0 aliphatic carbocycles. The number of pyridine rings is 1. The summed E-state index contributed by atoms with van der Waals surface area (Å²) in [4.78, 5) is 5.06. The summed E-state index contributed by atoms with van der Waals surface area (Å²) in [5.74, 6) is -0.0969. The highest BCUT2D eigenvalue weighted by atomic mass is 32.2. The molecule has 10 heteroatoms. The average molecular weight is 269 g/mol. The molecule has 96 valence electrons. The number of hydrogen-bond donors (Lipinski definition) is 2. The van der Waals surface area contributed by atoms with Gasteiger partial charge in [0.05, 0.1) is 12.7 Å². The third-order valence-corrected chi connectivity index (χ3v) is 3.36. The Hall–Kier alpha value is -2.07. The second-order valence-corrected chi connectivity index (χ2v) is 5.08. The minimum absolute atomic E-state index is 0.00662. The molecule has 0 aromatic carbocycles. The number of aryl methyl sites for hydroxylation is 1. The lowest BCUT2D eigenvalue weighted by Gasteiger charge is -2.04. The van der Waals surface area contributed by atoms with Crippen LogP contribution >= 0.6 is 0 Å². The molecule has 0 atom stereocenters. The molecular weight excluding hydrogens is 258 g/mol. The lowest BCUT2D eigenvalue weighted by Crippen LogP contribution is -2.15. The fourth-order valence-corrected chi connectivity index (χ4v) is 2.07. The van der Waals surface area contributed by atoms with Gasteiger partial charge in [0.25, 0.3) is 16.0 Å². The van der Waals surface area contributed by atoms with Gasteiger partial charge in [-0.1, -0.05) is 5.10 Å². The largest absolute Gasteiger partial charge is 0.325 e. The van der Waals surface area contributed by atoms with Crippen molar-refractivity contribution in [3.05, 3.63) is 24.0 Å². The third kappa shape index (κ3) is 2.60. The van der Waals surface area contributed by atoms with Gasteiger partial charge in [-0.3, -0.25) is 4.98 Å². The zero-order valence-electron chi connectivity index (χ0n) is 9.48. The molecule has 0 radical (unpaired) electrons. The number of aromatic nitrogens is 5. The van der Waals surface area contributed by atoms with Crippen LogP contribution in [0.3, 0.4) is 0 Å². The Bertz CT molecular complexity index is 634. The lowest BCUT2D eigenvalue weighted by atomic mass is 10.4. The van der Waals surface area contributed by atoms with E-state index in [2.05, 4.69) is 25.1 Å². The van der Waals surface area contributed by atoms with Crippen LogP contribution < -0.4 is 10.5 Å². The van der Waals surface area contributed by atoms with Gasteiger partial charge >= 0.3 is 0 Å². The monoisotopic (exact) mass is 269 g/mol. The lowest BCUT2D eigenvalue weighted by molar-refractivity contribution is 0.600. The maximum Gasteiger partial charge on any atom is 0.277 e. The van der Waals surface area contributed by atoms with Crippen molar-refractivity contribution in [1.82, 2.24) is 25.2 Å². The van der Waals surface area contributed by atoms with Crippen molar-refractivity contribution in [1.29, 1.82) is 0 Å². The topological polar surface area (TPSA) is 129 Å². The number of nitrogens with one attached hydrogen (secondary N) is 1. The van der Waals surface area contributed by atoms with E-state index < -0.39 is 10.0 Å². The van der Waals surface area contributed by atoms with Crippen LogP contribution in [0, 0.1) is 0 Å². The second-order valence-electron chi connectivity index (χ2n) is 3.40. The molecule has 2 aromatic heterocycles. The first-order valence-electron chi connectivity index (χ1n) is 4.93. The molecule has 0 saturated heterocycles. The van der Waals surface area contributed by atoms with E-state index in [-0.39, 0.29) is 17.4 Å². The van der Waals surface area contributed by atoms with Crippen LogP contribution in [-0.2, 0) is 23.6 Å². The summed E-state index contributed by atoms with van der Waals surface area (Å²) in [6, 6.07) is 2.95. The highest BCUT2D eigenvalue weighted by Crippen LogP contribution is 2.11. The smallest absolute Gasteiger partial charge is 0.277 e. The van der Waals surface area contributed by atoms with Gasteiger partial charge in [-0.15, -0.1) is 5.10 Å². The van der Waals surface area contributed by atoms with E-state index in [1.807, 2.05) is 0 Å². The van der Waals surface area contributed by atoms with Gasteiger partial charge in [0, 0.05) is 12.7 Å². The standard InChI is InChI=1S/C8H11N7O2S/c1-15-12-8(11-14-15)13-18(16,17)7-3-2-6(4-9)10-5-7/h2-3,5H,4,9H2,1H3,(H,12,13). The number of nitrogens with two attached hydrogens (primary N) is 1. The van der Waals surface area contributed by atoms with Gasteiger partial charge in [0.1, 0.15) is 4.90 Å². The maximum atomic E-state index is 11.9.